The van der Waals surface area contributed by atoms with Crippen LogP contribution in [-0.2, 0) is 7.05 Å². The lowest BCUT2D eigenvalue weighted by Crippen LogP contribution is -2.11. The summed E-state index contributed by atoms with van der Waals surface area (Å²) in [6.45, 7) is 0. The second-order valence-corrected chi connectivity index (χ2v) is 6.68. The largest absolute Gasteiger partial charge is 0.298 e. The topological polar surface area (TPSA) is 72.7 Å². The molecule has 6 nitrogen and oxygen atoms in total. The van der Waals surface area contributed by atoms with Crippen molar-refractivity contribution in [2.24, 2.45) is 7.05 Å². The summed E-state index contributed by atoms with van der Waals surface area (Å²) in [6.07, 6.45) is 1.62. The van der Waals surface area contributed by atoms with E-state index in [-0.39, 0.29) is 11.7 Å². The summed E-state index contributed by atoms with van der Waals surface area (Å²) >= 11 is 1.29. The highest BCUT2D eigenvalue weighted by Crippen LogP contribution is 2.26. The van der Waals surface area contributed by atoms with Crippen LogP contribution >= 0.6 is 11.3 Å². The molecule has 0 spiro atoms. The van der Waals surface area contributed by atoms with Crippen molar-refractivity contribution in [2.75, 3.05) is 5.32 Å². The number of hydrogen-bond acceptors (Lipinski definition) is 5. The first kappa shape index (κ1) is 17.0. The normalized spacial score (nSPS) is 10.7. The molecule has 0 saturated heterocycles. The number of amides is 1. The zero-order valence-electron chi connectivity index (χ0n) is 14.3. The number of carbonyl (C=O) groups excluding carboxylic acids is 1. The molecule has 0 unspecified atom stereocenters. The predicted octanol–water partition coefficient (Wildman–Crippen LogP) is 4.00. The fraction of sp³-hybridized carbons (Fsp3) is 0.0526. The summed E-state index contributed by atoms with van der Waals surface area (Å²) in [5.41, 5.74) is 2.61. The number of rotatable bonds is 4. The van der Waals surface area contributed by atoms with Gasteiger partial charge in [0, 0.05) is 29.1 Å². The minimum absolute atomic E-state index is 0.268. The first-order valence-electron chi connectivity index (χ1n) is 8.07. The highest BCUT2D eigenvalue weighted by atomic mass is 32.1. The number of nitrogens with one attached hydrogen (secondary N) is 1. The van der Waals surface area contributed by atoms with Crippen LogP contribution < -0.4 is 5.32 Å². The zero-order chi connectivity index (χ0) is 18.8. The van der Waals surface area contributed by atoms with E-state index in [0.717, 1.165) is 5.56 Å². The monoisotopic (exact) mass is 379 g/mol. The van der Waals surface area contributed by atoms with Crippen LogP contribution in [-0.4, -0.2) is 25.7 Å². The third-order valence-corrected chi connectivity index (χ3v) is 4.61. The Balaban J connectivity index is 1.48. The van der Waals surface area contributed by atoms with E-state index >= 15 is 0 Å². The van der Waals surface area contributed by atoms with Crippen LogP contribution in [0.25, 0.3) is 22.6 Å². The molecule has 8 heteroatoms. The maximum atomic E-state index is 13.3. The summed E-state index contributed by atoms with van der Waals surface area (Å²) in [4.78, 5) is 21.0. The summed E-state index contributed by atoms with van der Waals surface area (Å²) in [6, 6.07) is 13.2. The molecule has 1 amide bonds. The van der Waals surface area contributed by atoms with Crippen molar-refractivity contribution >= 4 is 22.4 Å². The Labute approximate surface area is 158 Å². The van der Waals surface area contributed by atoms with E-state index in [2.05, 4.69) is 20.4 Å². The quantitative estimate of drug-likeness (QED) is 0.582. The third kappa shape index (κ3) is 3.75. The van der Waals surface area contributed by atoms with Gasteiger partial charge in [-0.2, -0.15) is 5.10 Å². The molecular weight excluding hydrogens is 365 g/mol. The summed E-state index contributed by atoms with van der Waals surface area (Å²) in [5, 5.41) is 9.23. The molecule has 0 radical (unpaired) electrons. The maximum Gasteiger partial charge on any atom is 0.257 e. The number of nitrogens with zero attached hydrogens (tertiary/aromatic N) is 4. The molecule has 4 aromatic rings. The summed E-state index contributed by atoms with van der Waals surface area (Å²) < 4.78 is 15.0. The van der Waals surface area contributed by atoms with Crippen molar-refractivity contribution in [1.29, 1.82) is 0 Å². The van der Waals surface area contributed by atoms with Crippen LogP contribution in [0.2, 0.25) is 0 Å². The van der Waals surface area contributed by atoms with Crippen molar-refractivity contribution in [2.45, 2.75) is 0 Å². The first-order chi connectivity index (χ1) is 13.1. The smallest absolute Gasteiger partial charge is 0.257 e. The second kappa shape index (κ2) is 7.08. The number of aromatic nitrogens is 4. The summed E-state index contributed by atoms with van der Waals surface area (Å²) in [7, 11) is 1.80. The van der Waals surface area contributed by atoms with Crippen molar-refractivity contribution in [3.05, 3.63) is 71.6 Å². The minimum Gasteiger partial charge on any atom is -0.298 e. The summed E-state index contributed by atoms with van der Waals surface area (Å²) in [5.74, 6) is 0.00774. The Morgan fingerprint density at radius 1 is 1.15 bits per heavy atom. The standard InChI is InChI=1S/C19H14FN5OS/c1-25-11-21-17(24-25)12-5-7-13(8-6-12)18(26)23-19-22-16(10-27-19)14-3-2-4-15(20)9-14/h2-11H,1H3,(H,22,23,26). The molecule has 2 aromatic carbocycles. The number of hydrogen-bond donors (Lipinski definition) is 1. The van der Waals surface area contributed by atoms with E-state index in [4.69, 9.17) is 0 Å². The molecule has 2 heterocycles. The third-order valence-electron chi connectivity index (χ3n) is 3.85. The molecule has 27 heavy (non-hydrogen) atoms. The number of thiazole rings is 1. The molecule has 0 aliphatic rings. The highest BCUT2D eigenvalue weighted by Gasteiger charge is 2.11. The number of carbonyl (C=O) groups is 1. The number of aryl methyl sites for hydroxylation is 1. The fourth-order valence-corrected chi connectivity index (χ4v) is 3.24. The van der Waals surface area contributed by atoms with Crippen molar-refractivity contribution < 1.29 is 9.18 Å². The molecule has 134 valence electrons. The van der Waals surface area contributed by atoms with Crippen molar-refractivity contribution in [1.82, 2.24) is 19.7 Å². The highest BCUT2D eigenvalue weighted by molar-refractivity contribution is 7.14. The van der Waals surface area contributed by atoms with Gasteiger partial charge in [-0.05, 0) is 24.3 Å². The van der Waals surface area contributed by atoms with E-state index in [1.807, 2.05) is 0 Å². The van der Waals surface area contributed by atoms with Gasteiger partial charge in [-0.1, -0.05) is 24.3 Å². The van der Waals surface area contributed by atoms with Gasteiger partial charge in [0.2, 0.25) is 0 Å². The van der Waals surface area contributed by atoms with Crippen molar-refractivity contribution in [3.63, 3.8) is 0 Å². The van der Waals surface area contributed by atoms with E-state index in [9.17, 15) is 9.18 Å². The van der Waals surface area contributed by atoms with Gasteiger partial charge in [0.25, 0.3) is 5.91 Å². The average molecular weight is 379 g/mol. The molecule has 1 N–H and O–H groups in total. The van der Waals surface area contributed by atoms with Crippen molar-refractivity contribution in [3.8, 4) is 22.6 Å². The van der Waals surface area contributed by atoms with Gasteiger partial charge in [-0.25, -0.2) is 14.4 Å². The van der Waals surface area contributed by atoms with Crippen LogP contribution in [0.4, 0.5) is 9.52 Å². The lowest BCUT2D eigenvalue weighted by atomic mass is 10.1. The average Bonchev–Trinajstić information content (AvgIpc) is 3.31. The molecule has 0 aliphatic heterocycles. The van der Waals surface area contributed by atoms with E-state index in [1.165, 1.54) is 23.5 Å². The molecule has 0 atom stereocenters. The first-order valence-corrected chi connectivity index (χ1v) is 8.95. The maximum absolute atomic E-state index is 13.3. The van der Waals surface area contributed by atoms with Gasteiger partial charge in [0.1, 0.15) is 12.1 Å². The van der Waals surface area contributed by atoms with E-state index < -0.39 is 0 Å². The minimum atomic E-state index is -0.325. The van der Waals surface area contributed by atoms with Crippen LogP contribution in [0.5, 0.6) is 0 Å². The number of halogens is 1. The second-order valence-electron chi connectivity index (χ2n) is 5.82. The molecule has 0 saturated carbocycles. The molecule has 0 aliphatic carbocycles. The number of anilines is 1. The molecule has 0 bridgehead atoms. The molecule has 2 aromatic heterocycles. The van der Waals surface area contributed by atoms with Gasteiger partial charge in [-0.3, -0.25) is 14.8 Å². The Bertz CT molecular complexity index is 1100. The number of benzene rings is 2. The lowest BCUT2D eigenvalue weighted by Gasteiger charge is -2.03. The van der Waals surface area contributed by atoms with Crippen LogP contribution in [0.3, 0.4) is 0 Å². The van der Waals surface area contributed by atoms with Gasteiger partial charge < -0.3 is 0 Å². The SMILES string of the molecule is Cn1cnc(-c2ccc(C(=O)Nc3nc(-c4cccc(F)c4)cs3)cc2)n1. The molecular formula is C19H14FN5OS. The van der Waals surface area contributed by atoms with Gasteiger partial charge in [0.05, 0.1) is 5.69 Å². The lowest BCUT2D eigenvalue weighted by molar-refractivity contribution is 0.102. The Kier molecular flexibility index (Phi) is 4.47. The Morgan fingerprint density at radius 3 is 2.67 bits per heavy atom. The van der Waals surface area contributed by atoms with Crippen LogP contribution in [0, 0.1) is 5.82 Å². The Morgan fingerprint density at radius 2 is 1.96 bits per heavy atom. The zero-order valence-corrected chi connectivity index (χ0v) is 15.1. The van der Waals surface area contributed by atoms with Gasteiger partial charge in [-0.15, -0.1) is 11.3 Å². The van der Waals surface area contributed by atoms with E-state index in [1.54, 1.807) is 59.8 Å². The molecule has 4 rings (SSSR count). The fourth-order valence-electron chi connectivity index (χ4n) is 2.52. The van der Waals surface area contributed by atoms with E-state index in [0.29, 0.717) is 27.8 Å². The van der Waals surface area contributed by atoms with Crippen LogP contribution in [0.15, 0.2) is 60.2 Å². The van der Waals surface area contributed by atoms with Gasteiger partial charge in [0.15, 0.2) is 11.0 Å². The van der Waals surface area contributed by atoms with Gasteiger partial charge >= 0.3 is 0 Å². The van der Waals surface area contributed by atoms with Crippen LogP contribution in [0.1, 0.15) is 10.4 Å². The molecule has 0 fully saturated rings. The Hall–Kier alpha value is -3.39. The predicted molar refractivity (Wildman–Crippen MR) is 102 cm³/mol.